The van der Waals surface area contributed by atoms with Crippen LogP contribution in [0.1, 0.15) is 25.1 Å². The molecule has 0 N–H and O–H groups in total. The Labute approximate surface area is 157 Å². The van der Waals surface area contributed by atoms with E-state index in [-0.39, 0.29) is 0 Å². The standard InChI is InChI=1S/C20H19Cl2N3/c1-13-23-18-7-5-6-15(14-8-9-16(21)17(22)12-14)19(18)20(24-13)25-10-3-2-4-11-25/h5-9,12H,2-4,10-11H2,1H3. The first-order valence-corrected chi connectivity index (χ1v) is 9.37. The van der Waals surface area contributed by atoms with Crippen LogP contribution in [-0.4, -0.2) is 23.1 Å². The molecule has 0 unspecified atom stereocenters. The maximum Gasteiger partial charge on any atom is 0.140 e. The van der Waals surface area contributed by atoms with Gasteiger partial charge in [0.2, 0.25) is 0 Å². The number of nitrogens with zero attached hydrogens (tertiary/aromatic N) is 3. The van der Waals surface area contributed by atoms with E-state index >= 15 is 0 Å². The summed E-state index contributed by atoms with van der Waals surface area (Å²) in [5.74, 6) is 1.84. The van der Waals surface area contributed by atoms with Crippen molar-refractivity contribution in [1.82, 2.24) is 9.97 Å². The van der Waals surface area contributed by atoms with Gasteiger partial charge in [0.1, 0.15) is 11.6 Å². The van der Waals surface area contributed by atoms with Crippen LogP contribution in [0.5, 0.6) is 0 Å². The quantitative estimate of drug-likeness (QED) is 0.561. The van der Waals surface area contributed by atoms with Crippen molar-refractivity contribution in [2.24, 2.45) is 0 Å². The molecule has 0 amide bonds. The number of fused-ring (bicyclic) bond motifs is 1. The smallest absolute Gasteiger partial charge is 0.140 e. The fourth-order valence-electron chi connectivity index (χ4n) is 3.52. The van der Waals surface area contributed by atoms with Crippen LogP contribution in [0.4, 0.5) is 5.82 Å². The molecule has 0 radical (unpaired) electrons. The Morgan fingerprint density at radius 3 is 2.48 bits per heavy atom. The molecule has 1 saturated heterocycles. The Balaban J connectivity index is 1.96. The topological polar surface area (TPSA) is 29.0 Å². The Morgan fingerprint density at radius 2 is 1.72 bits per heavy atom. The zero-order chi connectivity index (χ0) is 17.4. The first-order valence-electron chi connectivity index (χ1n) is 8.61. The lowest BCUT2D eigenvalue weighted by Gasteiger charge is -2.29. The van der Waals surface area contributed by atoms with E-state index in [0.29, 0.717) is 10.0 Å². The first-order chi connectivity index (χ1) is 12.1. The minimum atomic E-state index is 0.559. The van der Waals surface area contributed by atoms with Gasteiger partial charge in [-0.15, -0.1) is 0 Å². The van der Waals surface area contributed by atoms with Crippen LogP contribution < -0.4 is 4.90 Å². The van der Waals surface area contributed by atoms with Crippen molar-refractivity contribution >= 4 is 39.9 Å². The summed E-state index contributed by atoms with van der Waals surface area (Å²) in [5, 5.41) is 2.21. The fraction of sp³-hybridized carbons (Fsp3) is 0.300. The molecular formula is C20H19Cl2N3. The van der Waals surface area contributed by atoms with Crippen molar-refractivity contribution in [3.63, 3.8) is 0 Å². The highest BCUT2D eigenvalue weighted by molar-refractivity contribution is 6.42. The molecule has 25 heavy (non-hydrogen) atoms. The lowest BCUT2D eigenvalue weighted by atomic mass is 10.00. The largest absolute Gasteiger partial charge is 0.356 e. The van der Waals surface area contributed by atoms with Gasteiger partial charge in [0.05, 0.1) is 20.9 Å². The molecule has 2 heterocycles. The summed E-state index contributed by atoms with van der Waals surface area (Å²) in [6.07, 6.45) is 3.71. The number of anilines is 1. The minimum Gasteiger partial charge on any atom is -0.356 e. The highest BCUT2D eigenvalue weighted by atomic mass is 35.5. The van der Waals surface area contributed by atoms with E-state index < -0.39 is 0 Å². The SMILES string of the molecule is Cc1nc(N2CCCCC2)c2c(-c3ccc(Cl)c(Cl)c3)cccc2n1. The van der Waals surface area contributed by atoms with Crippen molar-refractivity contribution in [1.29, 1.82) is 0 Å². The maximum atomic E-state index is 6.25. The Kier molecular flexibility index (Phi) is 4.53. The molecule has 0 atom stereocenters. The molecule has 1 aliphatic rings. The first kappa shape index (κ1) is 16.6. The minimum absolute atomic E-state index is 0.559. The Morgan fingerprint density at radius 1 is 0.920 bits per heavy atom. The summed E-state index contributed by atoms with van der Waals surface area (Å²) in [6, 6.07) is 12.0. The van der Waals surface area contributed by atoms with Crippen LogP contribution in [0.15, 0.2) is 36.4 Å². The summed E-state index contributed by atoms with van der Waals surface area (Å²) in [5.41, 5.74) is 3.10. The molecule has 128 valence electrons. The molecule has 1 aromatic heterocycles. The number of halogens is 2. The zero-order valence-corrected chi connectivity index (χ0v) is 15.6. The molecule has 0 aliphatic carbocycles. The van der Waals surface area contributed by atoms with Crippen molar-refractivity contribution in [3.05, 3.63) is 52.3 Å². The van der Waals surface area contributed by atoms with Gasteiger partial charge >= 0.3 is 0 Å². The molecule has 0 saturated carbocycles. The van der Waals surface area contributed by atoms with Gasteiger partial charge in [-0.1, -0.05) is 41.4 Å². The van der Waals surface area contributed by atoms with Gasteiger partial charge in [-0.2, -0.15) is 0 Å². The number of piperidine rings is 1. The number of aryl methyl sites for hydroxylation is 1. The summed E-state index contributed by atoms with van der Waals surface area (Å²) in [6.45, 7) is 4.04. The maximum absolute atomic E-state index is 6.25. The van der Waals surface area contributed by atoms with Crippen LogP contribution in [0.25, 0.3) is 22.0 Å². The van der Waals surface area contributed by atoms with Gasteiger partial charge in [-0.25, -0.2) is 9.97 Å². The molecule has 0 spiro atoms. The fourth-order valence-corrected chi connectivity index (χ4v) is 3.81. The summed E-state index contributed by atoms with van der Waals surface area (Å²) >= 11 is 12.4. The van der Waals surface area contributed by atoms with Gasteiger partial charge in [-0.3, -0.25) is 0 Å². The van der Waals surface area contributed by atoms with Gasteiger partial charge < -0.3 is 4.90 Å². The predicted molar refractivity (Wildman–Crippen MR) is 106 cm³/mol. The van der Waals surface area contributed by atoms with E-state index in [0.717, 1.165) is 46.8 Å². The van der Waals surface area contributed by atoms with Crippen LogP contribution in [-0.2, 0) is 0 Å². The summed E-state index contributed by atoms with van der Waals surface area (Å²) < 4.78 is 0. The zero-order valence-electron chi connectivity index (χ0n) is 14.1. The molecule has 1 aliphatic heterocycles. The van der Waals surface area contributed by atoms with E-state index in [1.807, 2.05) is 31.2 Å². The highest BCUT2D eigenvalue weighted by Crippen LogP contribution is 2.37. The second-order valence-electron chi connectivity index (χ2n) is 6.47. The third kappa shape index (κ3) is 3.19. The molecule has 3 nitrogen and oxygen atoms in total. The molecule has 2 aromatic carbocycles. The van der Waals surface area contributed by atoms with Crippen molar-refractivity contribution < 1.29 is 0 Å². The number of benzene rings is 2. The van der Waals surface area contributed by atoms with Crippen LogP contribution in [0.2, 0.25) is 10.0 Å². The monoisotopic (exact) mass is 371 g/mol. The molecule has 5 heteroatoms. The number of rotatable bonds is 2. The van der Waals surface area contributed by atoms with Crippen molar-refractivity contribution in [3.8, 4) is 11.1 Å². The predicted octanol–water partition coefficient (Wildman–Crippen LogP) is 5.90. The lowest BCUT2D eigenvalue weighted by Crippen LogP contribution is -2.30. The van der Waals surface area contributed by atoms with E-state index in [4.69, 9.17) is 28.2 Å². The molecule has 0 bridgehead atoms. The normalized spacial score (nSPS) is 14.9. The van der Waals surface area contributed by atoms with E-state index in [2.05, 4.69) is 22.0 Å². The van der Waals surface area contributed by atoms with Crippen LogP contribution >= 0.6 is 23.2 Å². The van der Waals surface area contributed by atoms with Gasteiger partial charge in [0.15, 0.2) is 0 Å². The van der Waals surface area contributed by atoms with E-state index in [9.17, 15) is 0 Å². The summed E-state index contributed by atoms with van der Waals surface area (Å²) in [7, 11) is 0. The average Bonchev–Trinajstić information content (AvgIpc) is 2.63. The highest BCUT2D eigenvalue weighted by Gasteiger charge is 2.19. The number of hydrogen-bond acceptors (Lipinski definition) is 3. The second-order valence-corrected chi connectivity index (χ2v) is 7.29. The molecule has 1 fully saturated rings. The number of hydrogen-bond donors (Lipinski definition) is 0. The summed E-state index contributed by atoms with van der Waals surface area (Å²) in [4.78, 5) is 11.9. The van der Waals surface area contributed by atoms with Crippen molar-refractivity contribution in [2.45, 2.75) is 26.2 Å². The van der Waals surface area contributed by atoms with Crippen LogP contribution in [0.3, 0.4) is 0 Å². The van der Waals surface area contributed by atoms with E-state index in [1.54, 1.807) is 0 Å². The molecule has 4 rings (SSSR count). The van der Waals surface area contributed by atoms with Gasteiger partial charge in [0, 0.05) is 13.1 Å². The van der Waals surface area contributed by atoms with Crippen LogP contribution in [0, 0.1) is 6.92 Å². The van der Waals surface area contributed by atoms with Crippen molar-refractivity contribution in [2.75, 3.05) is 18.0 Å². The lowest BCUT2D eigenvalue weighted by molar-refractivity contribution is 0.574. The van der Waals surface area contributed by atoms with E-state index in [1.165, 1.54) is 19.3 Å². The molecule has 3 aromatic rings. The third-order valence-corrected chi connectivity index (χ3v) is 5.44. The Hall–Kier alpha value is -1.84. The molecular weight excluding hydrogens is 353 g/mol. The van der Waals surface area contributed by atoms with Gasteiger partial charge in [0.25, 0.3) is 0 Å². The Bertz CT molecular complexity index is 934. The average molecular weight is 372 g/mol. The van der Waals surface area contributed by atoms with Gasteiger partial charge in [-0.05, 0) is 55.5 Å². The number of aromatic nitrogens is 2. The second kappa shape index (κ2) is 6.81. The third-order valence-electron chi connectivity index (χ3n) is 4.70.